The summed E-state index contributed by atoms with van der Waals surface area (Å²) in [5.74, 6) is 0. The molecule has 0 saturated heterocycles. The first-order chi connectivity index (χ1) is 16.3. The minimum atomic E-state index is 0.871. The predicted molar refractivity (Wildman–Crippen MR) is 138 cm³/mol. The maximum absolute atomic E-state index is 6.12. The molecule has 0 fully saturated rings. The van der Waals surface area contributed by atoms with Crippen molar-refractivity contribution in [2.45, 2.75) is 25.7 Å². The van der Waals surface area contributed by atoms with Crippen molar-refractivity contribution in [2.75, 3.05) is 0 Å². The van der Waals surface area contributed by atoms with Crippen molar-refractivity contribution in [3.63, 3.8) is 0 Å². The van der Waals surface area contributed by atoms with Gasteiger partial charge in [0.25, 0.3) is 0 Å². The summed E-state index contributed by atoms with van der Waals surface area (Å²) in [6, 6.07) is 42.3. The van der Waals surface area contributed by atoms with E-state index in [1.54, 1.807) is 0 Å². The molecular weight excluding hydrogens is 400 g/mol. The van der Waals surface area contributed by atoms with E-state index < -0.39 is 0 Å². The van der Waals surface area contributed by atoms with Crippen molar-refractivity contribution in [3.8, 4) is 0 Å². The van der Waals surface area contributed by atoms with E-state index in [1.165, 1.54) is 33.4 Å². The molecule has 0 aliphatic heterocycles. The molecular formula is C32H30O. The van der Waals surface area contributed by atoms with E-state index in [0.29, 0.717) is 0 Å². The van der Waals surface area contributed by atoms with Crippen LogP contribution in [0.1, 0.15) is 22.3 Å². The molecule has 164 valence electrons. The third-order valence-corrected chi connectivity index (χ3v) is 5.57. The van der Waals surface area contributed by atoms with Gasteiger partial charge < -0.3 is 4.74 Å². The topological polar surface area (TPSA) is 9.23 Å². The lowest BCUT2D eigenvalue weighted by molar-refractivity contribution is 0.388. The Bertz CT molecular complexity index is 962. The van der Waals surface area contributed by atoms with Crippen LogP contribution in [0.25, 0.3) is 0 Å². The Morgan fingerprint density at radius 2 is 0.636 bits per heavy atom. The van der Waals surface area contributed by atoms with Crippen LogP contribution in [-0.2, 0) is 30.4 Å². The van der Waals surface area contributed by atoms with E-state index in [4.69, 9.17) is 4.74 Å². The maximum Gasteiger partial charge on any atom is 0.0900 e. The fourth-order valence-electron chi connectivity index (χ4n) is 3.95. The number of rotatable bonds is 10. The van der Waals surface area contributed by atoms with Gasteiger partial charge in [-0.05, 0) is 59.1 Å². The molecule has 0 aliphatic carbocycles. The molecule has 0 aliphatic rings. The molecule has 0 unspecified atom stereocenters. The molecule has 0 N–H and O–H groups in total. The molecule has 1 nitrogen and oxygen atoms in total. The summed E-state index contributed by atoms with van der Waals surface area (Å²) in [4.78, 5) is 0. The summed E-state index contributed by atoms with van der Waals surface area (Å²) < 4.78 is 6.12. The molecule has 0 radical (unpaired) electrons. The normalized spacial score (nSPS) is 10.3. The maximum atomic E-state index is 6.12. The molecule has 1 heteroatoms. The van der Waals surface area contributed by atoms with Crippen molar-refractivity contribution < 1.29 is 4.74 Å². The van der Waals surface area contributed by atoms with Crippen LogP contribution in [-0.4, -0.2) is 0 Å². The molecule has 0 heterocycles. The lowest BCUT2D eigenvalue weighted by Crippen LogP contribution is -1.98. The van der Waals surface area contributed by atoms with Gasteiger partial charge in [-0.2, -0.15) is 0 Å². The molecule has 4 aromatic carbocycles. The van der Waals surface area contributed by atoms with Crippen molar-refractivity contribution in [2.24, 2.45) is 0 Å². The second kappa shape index (κ2) is 12.3. The van der Waals surface area contributed by atoms with Crippen LogP contribution in [0.3, 0.4) is 0 Å². The SMILES string of the molecule is C(OC=C(Cc1ccccc1)Cc1ccccc1)=C(Cc1ccccc1)Cc1ccccc1. The lowest BCUT2D eigenvalue weighted by atomic mass is 9.99. The van der Waals surface area contributed by atoms with Crippen LogP contribution in [0.15, 0.2) is 145 Å². The van der Waals surface area contributed by atoms with Gasteiger partial charge in [-0.1, -0.05) is 121 Å². The third-order valence-electron chi connectivity index (χ3n) is 5.57. The Morgan fingerprint density at radius 3 is 0.879 bits per heavy atom. The molecule has 0 aromatic heterocycles. The Balaban J connectivity index is 1.54. The summed E-state index contributed by atoms with van der Waals surface area (Å²) in [5, 5.41) is 0. The largest absolute Gasteiger partial charge is 0.473 e. The zero-order valence-electron chi connectivity index (χ0n) is 18.9. The standard InChI is InChI=1S/C32H30O/c1-5-13-27(14-6-1)21-31(22-28-15-7-2-8-16-28)25-33-26-32(23-29-17-9-3-10-18-29)24-30-19-11-4-12-20-30/h1-20,25-26H,21-24H2. The summed E-state index contributed by atoms with van der Waals surface area (Å²) in [6.45, 7) is 0. The van der Waals surface area contributed by atoms with Gasteiger partial charge in [0.1, 0.15) is 0 Å². The van der Waals surface area contributed by atoms with E-state index in [0.717, 1.165) is 25.7 Å². The molecule has 0 saturated carbocycles. The van der Waals surface area contributed by atoms with Crippen LogP contribution in [0.2, 0.25) is 0 Å². The fourth-order valence-corrected chi connectivity index (χ4v) is 3.95. The molecule has 4 aromatic rings. The smallest absolute Gasteiger partial charge is 0.0900 e. The van der Waals surface area contributed by atoms with Gasteiger partial charge in [0.05, 0.1) is 12.5 Å². The number of hydrogen-bond acceptors (Lipinski definition) is 1. The molecule has 0 bridgehead atoms. The first kappa shape index (κ1) is 22.4. The minimum absolute atomic E-state index is 0.871. The minimum Gasteiger partial charge on any atom is -0.473 e. The summed E-state index contributed by atoms with van der Waals surface area (Å²) in [5.41, 5.74) is 7.68. The second-order valence-corrected chi connectivity index (χ2v) is 8.34. The van der Waals surface area contributed by atoms with Gasteiger partial charge in [-0.15, -0.1) is 0 Å². The zero-order valence-corrected chi connectivity index (χ0v) is 18.9. The highest BCUT2D eigenvalue weighted by molar-refractivity contribution is 5.29. The first-order valence-electron chi connectivity index (χ1n) is 11.5. The monoisotopic (exact) mass is 430 g/mol. The quantitative estimate of drug-likeness (QED) is 0.234. The Hall–Kier alpha value is -3.84. The van der Waals surface area contributed by atoms with Gasteiger partial charge in [0, 0.05) is 0 Å². The summed E-state index contributed by atoms with van der Waals surface area (Å²) in [6.07, 6.45) is 7.37. The summed E-state index contributed by atoms with van der Waals surface area (Å²) >= 11 is 0. The molecule has 0 amide bonds. The van der Waals surface area contributed by atoms with Crippen LogP contribution in [0, 0.1) is 0 Å². The van der Waals surface area contributed by atoms with E-state index >= 15 is 0 Å². The summed E-state index contributed by atoms with van der Waals surface area (Å²) in [7, 11) is 0. The average Bonchev–Trinajstić information content (AvgIpc) is 2.86. The van der Waals surface area contributed by atoms with Gasteiger partial charge in [-0.3, -0.25) is 0 Å². The van der Waals surface area contributed by atoms with E-state index in [-0.39, 0.29) is 0 Å². The second-order valence-electron chi connectivity index (χ2n) is 8.34. The average molecular weight is 431 g/mol. The molecule has 0 atom stereocenters. The molecule has 33 heavy (non-hydrogen) atoms. The van der Waals surface area contributed by atoms with E-state index in [9.17, 15) is 0 Å². The number of allylic oxidation sites excluding steroid dienone is 2. The van der Waals surface area contributed by atoms with Crippen LogP contribution >= 0.6 is 0 Å². The van der Waals surface area contributed by atoms with Gasteiger partial charge >= 0.3 is 0 Å². The molecule has 4 rings (SSSR count). The highest BCUT2D eigenvalue weighted by atomic mass is 16.5. The van der Waals surface area contributed by atoms with Crippen molar-refractivity contribution in [3.05, 3.63) is 167 Å². The van der Waals surface area contributed by atoms with E-state index in [1.807, 2.05) is 12.5 Å². The Morgan fingerprint density at radius 1 is 0.394 bits per heavy atom. The lowest BCUT2D eigenvalue weighted by Gasteiger charge is -2.10. The van der Waals surface area contributed by atoms with Crippen molar-refractivity contribution in [1.82, 2.24) is 0 Å². The van der Waals surface area contributed by atoms with Crippen LogP contribution < -0.4 is 0 Å². The van der Waals surface area contributed by atoms with Gasteiger partial charge in [0.2, 0.25) is 0 Å². The van der Waals surface area contributed by atoms with Crippen molar-refractivity contribution >= 4 is 0 Å². The van der Waals surface area contributed by atoms with Crippen molar-refractivity contribution in [1.29, 1.82) is 0 Å². The highest BCUT2D eigenvalue weighted by Gasteiger charge is 2.05. The Kier molecular flexibility index (Phi) is 8.31. The highest BCUT2D eigenvalue weighted by Crippen LogP contribution is 2.17. The van der Waals surface area contributed by atoms with Crippen LogP contribution in [0.5, 0.6) is 0 Å². The van der Waals surface area contributed by atoms with Gasteiger partial charge in [-0.25, -0.2) is 0 Å². The number of benzene rings is 4. The Labute approximate surface area is 197 Å². The zero-order chi connectivity index (χ0) is 22.6. The number of hydrogen-bond donors (Lipinski definition) is 0. The van der Waals surface area contributed by atoms with Gasteiger partial charge in [0.15, 0.2) is 0 Å². The first-order valence-corrected chi connectivity index (χ1v) is 11.5. The number of ether oxygens (including phenoxy) is 1. The molecule has 0 spiro atoms. The van der Waals surface area contributed by atoms with E-state index in [2.05, 4.69) is 121 Å². The van der Waals surface area contributed by atoms with Crippen LogP contribution in [0.4, 0.5) is 0 Å². The third kappa shape index (κ3) is 7.66. The fraction of sp³-hybridized carbons (Fsp3) is 0.125. The predicted octanol–water partition coefficient (Wildman–Crippen LogP) is 7.74.